The fourth-order valence-electron chi connectivity index (χ4n) is 2.55. The van der Waals surface area contributed by atoms with Crippen LogP contribution in [0.1, 0.15) is 18.4 Å². The molecule has 1 saturated heterocycles. The van der Waals surface area contributed by atoms with E-state index in [9.17, 15) is 0 Å². The molecule has 100 valence electrons. The van der Waals surface area contributed by atoms with Gasteiger partial charge in [-0.1, -0.05) is 46.3 Å². The van der Waals surface area contributed by atoms with E-state index in [0.717, 1.165) is 30.5 Å². The highest BCUT2D eigenvalue weighted by molar-refractivity contribution is 9.08. The maximum atomic E-state index is 5.97. The van der Waals surface area contributed by atoms with Crippen LogP contribution in [0.15, 0.2) is 36.4 Å². The fraction of sp³-hybridized carbons (Fsp3) is 0.375. The van der Waals surface area contributed by atoms with Crippen molar-refractivity contribution >= 4 is 26.7 Å². The molecule has 0 radical (unpaired) electrons. The summed E-state index contributed by atoms with van der Waals surface area (Å²) in [7, 11) is 0. The van der Waals surface area contributed by atoms with E-state index in [0.29, 0.717) is 6.61 Å². The molecule has 1 aliphatic heterocycles. The van der Waals surface area contributed by atoms with Crippen molar-refractivity contribution in [2.45, 2.75) is 24.3 Å². The highest BCUT2D eigenvalue weighted by Gasteiger charge is 2.17. The quantitative estimate of drug-likeness (QED) is 0.782. The van der Waals surface area contributed by atoms with Crippen LogP contribution in [0, 0.1) is 0 Å². The largest absolute Gasteiger partial charge is 0.491 e. The van der Waals surface area contributed by atoms with Gasteiger partial charge < -0.3 is 9.47 Å². The van der Waals surface area contributed by atoms with Gasteiger partial charge in [-0.25, -0.2) is 0 Å². The minimum Gasteiger partial charge on any atom is -0.491 e. The van der Waals surface area contributed by atoms with Crippen molar-refractivity contribution in [1.29, 1.82) is 0 Å². The Bertz CT molecular complexity index is 562. The highest BCUT2D eigenvalue weighted by atomic mass is 79.9. The van der Waals surface area contributed by atoms with Crippen LogP contribution < -0.4 is 4.74 Å². The fourth-order valence-corrected chi connectivity index (χ4v) is 3.13. The number of hydrogen-bond donors (Lipinski definition) is 0. The maximum absolute atomic E-state index is 5.97. The second-order valence-corrected chi connectivity index (χ2v) is 5.40. The van der Waals surface area contributed by atoms with Gasteiger partial charge in [-0.05, 0) is 29.7 Å². The van der Waals surface area contributed by atoms with Crippen molar-refractivity contribution in [1.82, 2.24) is 0 Å². The van der Waals surface area contributed by atoms with E-state index in [1.807, 2.05) is 0 Å². The van der Waals surface area contributed by atoms with E-state index < -0.39 is 0 Å². The first-order chi connectivity index (χ1) is 9.38. The molecule has 19 heavy (non-hydrogen) atoms. The monoisotopic (exact) mass is 320 g/mol. The second kappa shape index (κ2) is 5.93. The first-order valence-corrected chi connectivity index (χ1v) is 7.81. The number of halogens is 1. The summed E-state index contributed by atoms with van der Waals surface area (Å²) >= 11 is 3.57. The number of ether oxygens (including phenoxy) is 2. The normalized spacial score (nSPS) is 18.9. The van der Waals surface area contributed by atoms with E-state index in [1.165, 1.54) is 16.3 Å². The molecule has 3 rings (SSSR count). The van der Waals surface area contributed by atoms with Crippen LogP contribution in [0.2, 0.25) is 0 Å². The van der Waals surface area contributed by atoms with E-state index in [4.69, 9.17) is 9.47 Å². The summed E-state index contributed by atoms with van der Waals surface area (Å²) in [5.41, 5.74) is 1.22. The van der Waals surface area contributed by atoms with Gasteiger partial charge >= 0.3 is 0 Å². The summed E-state index contributed by atoms with van der Waals surface area (Å²) in [5, 5.41) is 3.31. The summed E-state index contributed by atoms with van der Waals surface area (Å²) in [4.78, 5) is 0. The molecule has 2 nitrogen and oxygen atoms in total. The van der Waals surface area contributed by atoms with Crippen LogP contribution in [0.4, 0.5) is 0 Å². The Morgan fingerprint density at radius 1 is 1.21 bits per heavy atom. The van der Waals surface area contributed by atoms with Crippen LogP contribution in [0.5, 0.6) is 5.75 Å². The van der Waals surface area contributed by atoms with Gasteiger partial charge in [0.15, 0.2) is 0 Å². The summed E-state index contributed by atoms with van der Waals surface area (Å²) in [6.07, 6.45) is 2.52. The molecule has 1 aliphatic rings. The zero-order chi connectivity index (χ0) is 13.1. The Balaban J connectivity index is 1.85. The molecular weight excluding hydrogens is 304 g/mol. The van der Waals surface area contributed by atoms with Crippen molar-refractivity contribution in [2.75, 3.05) is 13.2 Å². The molecule has 0 N–H and O–H groups in total. The third kappa shape index (κ3) is 2.77. The third-order valence-corrected chi connectivity index (χ3v) is 4.14. The van der Waals surface area contributed by atoms with Crippen LogP contribution in [-0.2, 0) is 10.1 Å². The van der Waals surface area contributed by atoms with Gasteiger partial charge in [0.05, 0.1) is 6.10 Å². The Morgan fingerprint density at radius 3 is 2.89 bits per heavy atom. The van der Waals surface area contributed by atoms with Crippen molar-refractivity contribution in [3.8, 4) is 5.75 Å². The van der Waals surface area contributed by atoms with Gasteiger partial charge in [0.1, 0.15) is 12.4 Å². The molecule has 1 fully saturated rings. The molecule has 0 bridgehead atoms. The summed E-state index contributed by atoms with van der Waals surface area (Å²) in [6, 6.07) is 12.6. The van der Waals surface area contributed by atoms with E-state index in [1.54, 1.807) is 0 Å². The van der Waals surface area contributed by atoms with E-state index >= 15 is 0 Å². The molecule has 1 atom stereocenters. The average molecular weight is 321 g/mol. The first kappa shape index (κ1) is 12.9. The lowest BCUT2D eigenvalue weighted by Gasteiger charge is -2.15. The first-order valence-electron chi connectivity index (χ1n) is 6.69. The molecule has 1 heterocycles. The molecule has 1 unspecified atom stereocenters. The standard InChI is InChI=1S/C16H17BrO2/c17-10-15-14-6-2-1-4-12(14)7-8-16(15)19-11-13-5-3-9-18-13/h1-2,4,6-8,13H,3,5,9-11H2. The van der Waals surface area contributed by atoms with Gasteiger partial charge in [0, 0.05) is 17.5 Å². The van der Waals surface area contributed by atoms with Crippen LogP contribution in [0.3, 0.4) is 0 Å². The number of fused-ring (bicyclic) bond motifs is 1. The van der Waals surface area contributed by atoms with E-state index in [-0.39, 0.29) is 6.10 Å². The number of rotatable bonds is 4. The molecule has 2 aromatic rings. The SMILES string of the molecule is BrCc1c(OCC2CCCO2)ccc2ccccc12. The zero-order valence-corrected chi connectivity index (χ0v) is 12.4. The van der Waals surface area contributed by atoms with Gasteiger partial charge in [0.25, 0.3) is 0 Å². The molecule has 0 aromatic heterocycles. The van der Waals surface area contributed by atoms with E-state index in [2.05, 4.69) is 52.3 Å². The lowest BCUT2D eigenvalue weighted by atomic mass is 10.0. The van der Waals surface area contributed by atoms with Gasteiger partial charge in [0.2, 0.25) is 0 Å². The number of hydrogen-bond acceptors (Lipinski definition) is 2. The van der Waals surface area contributed by atoms with Crippen molar-refractivity contribution < 1.29 is 9.47 Å². The van der Waals surface area contributed by atoms with Gasteiger partial charge in [-0.15, -0.1) is 0 Å². The highest BCUT2D eigenvalue weighted by Crippen LogP contribution is 2.30. The lowest BCUT2D eigenvalue weighted by molar-refractivity contribution is 0.0678. The maximum Gasteiger partial charge on any atom is 0.124 e. The van der Waals surface area contributed by atoms with Crippen molar-refractivity contribution in [2.24, 2.45) is 0 Å². The predicted octanol–water partition coefficient (Wildman–Crippen LogP) is 4.29. The van der Waals surface area contributed by atoms with Crippen LogP contribution in [0.25, 0.3) is 10.8 Å². The molecule has 0 spiro atoms. The molecule has 0 amide bonds. The number of benzene rings is 2. The zero-order valence-electron chi connectivity index (χ0n) is 10.8. The number of alkyl halides is 1. The summed E-state index contributed by atoms with van der Waals surface area (Å²) in [5.74, 6) is 0.964. The third-order valence-electron chi connectivity index (χ3n) is 3.58. The predicted molar refractivity (Wildman–Crippen MR) is 81.0 cm³/mol. The minimum absolute atomic E-state index is 0.259. The topological polar surface area (TPSA) is 18.5 Å². The average Bonchev–Trinajstić information content (AvgIpc) is 2.97. The Morgan fingerprint density at radius 2 is 2.11 bits per heavy atom. The summed E-state index contributed by atoms with van der Waals surface area (Å²) in [6.45, 7) is 1.52. The lowest BCUT2D eigenvalue weighted by Crippen LogP contribution is -2.16. The van der Waals surface area contributed by atoms with Crippen LogP contribution >= 0.6 is 15.9 Å². The second-order valence-electron chi connectivity index (χ2n) is 4.84. The van der Waals surface area contributed by atoms with Crippen molar-refractivity contribution in [3.63, 3.8) is 0 Å². The smallest absolute Gasteiger partial charge is 0.124 e. The van der Waals surface area contributed by atoms with Crippen LogP contribution in [-0.4, -0.2) is 19.3 Å². The molecule has 3 heteroatoms. The molecule has 0 saturated carbocycles. The minimum atomic E-state index is 0.259. The van der Waals surface area contributed by atoms with Crippen molar-refractivity contribution in [3.05, 3.63) is 42.0 Å². The molecular formula is C16H17BrO2. The Labute approximate surface area is 121 Å². The van der Waals surface area contributed by atoms with Gasteiger partial charge in [-0.3, -0.25) is 0 Å². The summed E-state index contributed by atoms with van der Waals surface area (Å²) < 4.78 is 11.6. The van der Waals surface area contributed by atoms with Gasteiger partial charge in [-0.2, -0.15) is 0 Å². The molecule has 0 aliphatic carbocycles. The Hall–Kier alpha value is -1.06. The molecule has 2 aromatic carbocycles. The Kier molecular flexibility index (Phi) is 4.04.